The summed E-state index contributed by atoms with van der Waals surface area (Å²) in [6, 6.07) is 3.66. The molecule has 118 valence electrons. The number of sulfonamides is 1. The number of carbonyl (C=O) groups excluding carboxylic acids is 1. The molecule has 0 aliphatic rings. The van der Waals surface area contributed by atoms with Crippen molar-refractivity contribution >= 4 is 33.2 Å². The molecule has 1 N–H and O–H groups in total. The van der Waals surface area contributed by atoms with E-state index in [1.165, 1.54) is 12.1 Å². The lowest BCUT2D eigenvalue weighted by molar-refractivity contribution is -0.123. The van der Waals surface area contributed by atoms with Crippen LogP contribution < -0.4 is 9.62 Å². The molecular weight excluding hydrogens is 319 g/mol. The van der Waals surface area contributed by atoms with Gasteiger partial charge in [0.1, 0.15) is 5.82 Å². The molecule has 0 saturated carbocycles. The quantitative estimate of drug-likeness (QED) is 0.864. The van der Waals surface area contributed by atoms with Gasteiger partial charge >= 0.3 is 0 Å². The minimum atomic E-state index is -3.56. The van der Waals surface area contributed by atoms with Crippen molar-refractivity contribution in [3.8, 4) is 0 Å². The third-order valence-corrected chi connectivity index (χ3v) is 4.21. The first-order chi connectivity index (χ1) is 9.62. The highest BCUT2D eigenvalue weighted by Crippen LogP contribution is 2.24. The second-order valence-electron chi connectivity index (χ2n) is 4.88. The van der Waals surface area contributed by atoms with Crippen LogP contribution in [0.3, 0.4) is 0 Å². The maximum atomic E-state index is 13.1. The van der Waals surface area contributed by atoms with Crippen molar-refractivity contribution < 1.29 is 17.6 Å². The molecule has 0 aromatic heterocycles. The van der Waals surface area contributed by atoms with Crippen LogP contribution in [0.4, 0.5) is 10.1 Å². The molecule has 0 aliphatic heterocycles. The number of carbonyl (C=O) groups is 1. The molecule has 8 heteroatoms. The molecule has 1 aromatic rings. The van der Waals surface area contributed by atoms with Gasteiger partial charge in [-0.25, -0.2) is 12.8 Å². The molecule has 0 spiro atoms. The van der Waals surface area contributed by atoms with Crippen LogP contribution >= 0.6 is 11.6 Å². The molecule has 0 bridgehead atoms. The van der Waals surface area contributed by atoms with Crippen LogP contribution in [0.5, 0.6) is 0 Å². The molecule has 0 fully saturated rings. The first-order valence-corrected chi connectivity index (χ1v) is 8.56. The topological polar surface area (TPSA) is 66.5 Å². The van der Waals surface area contributed by atoms with Gasteiger partial charge in [-0.3, -0.25) is 9.10 Å². The lowest BCUT2D eigenvalue weighted by atomic mass is 10.2. The molecule has 0 saturated heterocycles. The number of hydrogen-bond donors (Lipinski definition) is 1. The van der Waals surface area contributed by atoms with Crippen molar-refractivity contribution in [1.82, 2.24) is 5.32 Å². The van der Waals surface area contributed by atoms with Gasteiger partial charge in [-0.2, -0.15) is 0 Å². The fourth-order valence-corrected chi connectivity index (χ4v) is 2.71. The highest BCUT2D eigenvalue weighted by atomic mass is 35.5. The second kappa shape index (κ2) is 7.09. The maximum absolute atomic E-state index is 13.1. The van der Waals surface area contributed by atoms with Crippen LogP contribution in [0.1, 0.15) is 13.8 Å². The average molecular weight is 337 g/mol. The summed E-state index contributed by atoms with van der Waals surface area (Å²) in [5, 5.41) is 2.47. The first-order valence-electron chi connectivity index (χ1n) is 6.33. The van der Waals surface area contributed by atoms with E-state index in [-0.39, 0.29) is 35.6 Å². The van der Waals surface area contributed by atoms with Crippen LogP contribution in [0.2, 0.25) is 5.02 Å². The van der Waals surface area contributed by atoms with Crippen LogP contribution in [0.15, 0.2) is 18.2 Å². The van der Waals surface area contributed by atoms with E-state index in [9.17, 15) is 17.6 Å². The van der Waals surface area contributed by atoms with Gasteiger partial charge in [0.05, 0.1) is 23.5 Å². The lowest BCUT2D eigenvalue weighted by Crippen LogP contribution is -2.39. The SMILES string of the molecule is CC(C)C(=O)NCCN(c1ccc(F)c(Cl)c1)S(C)(=O)=O. The van der Waals surface area contributed by atoms with Gasteiger partial charge in [0.2, 0.25) is 15.9 Å². The summed E-state index contributed by atoms with van der Waals surface area (Å²) in [5.74, 6) is -0.973. The molecule has 0 atom stereocenters. The monoisotopic (exact) mass is 336 g/mol. The average Bonchev–Trinajstić information content (AvgIpc) is 2.36. The van der Waals surface area contributed by atoms with E-state index in [1.807, 2.05) is 0 Å². The highest BCUT2D eigenvalue weighted by molar-refractivity contribution is 7.92. The Kier molecular flexibility index (Phi) is 5.98. The summed E-state index contributed by atoms with van der Waals surface area (Å²) in [7, 11) is -3.56. The van der Waals surface area contributed by atoms with Gasteiger partial charge in [0, 0.05) is 12.5 Å². The minimum absolute atomic E-state index is 0.0409. The van der Waals surface area contributed by atoms with Crippen LogP contribution in [0, 0.1) is 11.7 Å². The lowest BCUT2D eigenvalue weighted by Gasteiger charge is -2.23. The number of nitrogens with zero attached hydrogens (tertiary/aromatic N) is 1. The summed E-state index contributed by atoms with van der Waals surface area (Å²) in [6.45, 7) is 3.67. The van der Waals surface area contributed by atoms with Gasteiger partial charge in [0.15, 0.2) is 0 Å². The van der Waals surface area contributed by atoms with Crippen molar-refractivity contribution in [3.63, 3.8) is 0 Å². The van der Waals surface area contributed by atoms with E-state index in [0.717, 1.165) is 16.6 Å². The predicted octanol–water partition coefficient (Wildman–Crippen LogP) is 2.02. The summed E-state index contributed by atoms with van der Waals surface area (Å²) in [5.41, 5.74) is 0.252. The Morgan fingerprint density at radius 2 is 2.05 bits per heavy atom. The summed E-state index contributed by atoms with van der Waals surface area (Å²) in [6.07, 6.45) is 1.04. The molecule has 0 heterocycles. The molecule has 0 aliphatic carbocycles. The molecule has 1 amide bonds. The van der Waals surface area contributed by atoms with Gasteiger partial charge in [-0.15, -0.1) is 0 Å². The van der Waals surface area contributed by atoms with Crippen molar-refractivity contribution in [1.29, 1.82) is 0 Å². The Bertz CT molecular complexity index is 620. The Morgan fingerprint density at radius 3 is 2.52 bits per heavy atom. The largest absolute Gasteiger partial charge is 0.354 e. The van der Waals surface area contributed by atoms with Gasteiger partial charge in [-0.1, -0.05) is 25.4 Å². The fraction of sp³-hybridized carbons (Fsp3) is 0.462. The fourth-order valence-electron chi connectivity index (χ4n) is 1.61. The van der Waals surface area contributed by atoms with Gasteiger partial charge < -0.3 is 5.32 Å². The first kappa shape index (κ1) is 17.7. The molecule has 1 aromatic carbocycles. The van der Waals surface area contributed by atoms with E-state index < -0.39 is 15.8 Å². The van der Waals surface area contributed by atoms with Crippen molar-refractivity contribution in [2.75, 3.05) is 23.7 Å². The zero-order valence-corrected chi connectivity index (χ0v) is 13.6. The number of anilines is 1. The molecule has 0 unspecified atom stereocenters. The number of rotatable bonds is 6. The Labute approximate surface area is 129 Å². The smallest absolute Gasteiger partial charge is 0.232 e. The van der Waals surface area contributed by atoms with E-state index in [4.69, 9.17) is 11.6 Å². The minimum Gasteiger partial charge on any atom is -0.354 e. The number of nitrogens with one attached hydrogen (secondary N) is 1. The third-order valence-electron chi connectivity index (χ3n) is 2.73. The number of hydrogen-bond acceptors (Lipinski definition) is 3. The molecule has 21 heavy (non-hydrogen) atoms. The number of halogens is 2. The standard InChI is InChI=1S/C13H18ClFN2O3S/c1-9(2)13(18)16-6-7-17(21(3,19)20)10-4-5-12(15)11(14)8-10/h4-5,8-9H,6-7H2,1-3H3,(H,16,18). The third kappa shape index (κ3) is 5.17. The van der Waals surface area contributed by atoms with E-state index in [2.05, 4.69) is 5.32 Å². The zero-order valence-electron chi connectivity index (χ0n) is 12.1. The number of amides is 1. The Hall–Kier alpha value is -1.34. The second-order valence-corrected chi connectivity index (χ2v) is 7.19. The summed E-state index contributed by atoms with van der Waals surface area (Å²) < 4.78 is 37.8. The van der Waals surface area contributed by atoms with E-state index >= 15 is 0 Å². The number of benzene rings is 1. The van der Waals surface area contributed by atoms with Gasteiger partial charge in [0.25, 0.3) is 0 Å². The zero-order chi connectivity index (χ0) is 16.2. The summed E-state index contributed by atoms with van der Waals surface area (Å²) in [4.78, 5) is 11.5. The molecular formula is C13H18ClFN2O3S. The molecule has 0 radical (unpaired) electrons. The van der Waals surface area contributed by atoms with Gasteiger partial charge in [-0.05, 0) is 18.2 Å². The van der Waals surface area contributed by atoms with Crippen molar-refractivity contribution in [3.05, 3.63) is 29.0 Å². The maximum Gasteiger partial charge on any atom is 0.232 e. The molecule has 5 nitrogen and oxygen atoms in total. The molecule has 1 rings (SSSR count). The normalized spacial score (nSPS) is 11.5. The van der Waals surface area contributed by atoms with E-state index in [0.29, 0.717) is 0 Å². The highest BCUT2D eigenvalue weighted by Gasteiger charge is 2.18. The van der Waals surface area contributed by atoms with E-state index in [1.54, 1.807) is 13.8 Å². The van der Waals surface area contributed by atoms with Crippen LogP contribution in [-0.2, 0) is 14.8 Å². The Morgan fingerprint density at radius 1 is 1.43 bits per heavy atom. The Balaban J connectivity index is 2.87. The van der Waals surface area contributed by atoms with Crippen molar-refractivity contribution in [2.45, 2.75) is 13.8 Å². The predicted molar refractivity (Wildman–Crippen MR) is 81.4 cm³/mol. The van der Waals surface area contributed by atoms with Crippen molar-refractivity contribution in [2.24, 2.45) is 5.92 Å². The van der Waals surface area contributed by atoms with Crippen LogP contribution in [0.25, 0.3) is 0 Å². The summed E-state index contributed by atoms with van der Waals surface area (Å²) >= 11 is 5.67. The van der Waals surface area contributed by atoms with Crippen LogP contribution in [-0.4, -0.2) is 33.7 Å².